The van der Waals surface area contributed by atoms with E-state index in [0.717, 1.165) is 23.5 Å². The van der Waals surface area contributed by atoms with Gasteiger partial charge in [-0.1, -0.05) is 13.8 Å². The average Bonchev–Trinajstić information content (AvgIpc) is 2.60. The summed E-state index contributed by atoms with van der Waals surface area (Å²) in [6.45, 7) is 3.87. The summed E-state index contributed by atoms with van der Waals surface area (Å²) in [4.78, 5) is 27.5. The van der Waals surface area contributed by atoms with Gasteiger partial charge >= 0.3 is 6.03 Å². The second-order valence-corrected chi connectivity index (χ2v) is 5.24. The Morgan fingerprint density at radius 3 is 2.56 bits per heavy atom. The summed E-state index contributed by atoms with van der Waals surface area (Å²) in [6.07, 6.45) is -0.229. The Bertz CT molecular complexity index is 790. The SMILES string of the molecule is CCc1n[nH]c(=O)c(CNC(=O)Nc2ccc(C(F)F)nc2)c1CC. The molecule has 0 aromatic carbocycles. The Morgan fingerprint density at radius 1 is 1.24 bits per heavy atom. The molecule has 0 fully saturated rings. The quantitative estimate of drug-likeness (QED) is 0.745. The first-order valence-electron chi connectivity index (χ1n) is 7.84. The van der Waals surface area contributed by atoms with Gasteiger partial charge in [0.1, 0.15) is 5.69 Å². The molecule has 0 radical (unpaired) electrons. The van der Waals surface area contributed by atoms with Crippen molar-refractivity contribution >= 4 is 11.7 Å². The van der Waals surface area contributed by atoms with Crippen LogP contribution in [0.15, 0.2) is 23.1 Å². The lowest BCUT2D eigenvalue weighted by molar-refractivity contribution is 0.146. The number of carbonyl (C=O) groups is 1. The van der Waals surface area contributed by atoms with Gasteiger partial charge in [0.2, 0.25) is 0 Å². The van der Waals surface area contributed by atoms with Crippen molar-refractivity contribution in [2.24, 2.45) is 0 Å². The highest BCUT2D eigenvalue weighted by Crippen LogP contribution is 2.17. The molecule has 0 aliphatic carbocycles. The molecule has 0 aliphatic heterocycles. The van der Waals surface area contributed by atoms with E-state index in [2.05, 4.69) is 25.8 Å². The Kier molecular flexibility index (Phi) is 6.15. The van der Waals surface area contributed by atoms with Crippen LogP contribution in [-0.4, -0.2) is 21.2 Å². The summed E-state index contributed by atoms with van der Waals surface area (Å²) in [5.74, 6) is 0. The fourth-order valence-corrected chi connectivity index (χ4v) is 2.41. The molecule has 0 bridgehead atoms. The molecule has 3 N–H and O–H groups in total. The van der Waals surface area contributed by atoms with E-state index in [-0.39, 0.29) is 23.5 Å². The van der Waals surface area contributed by atoms with Gasteiger partial charge in [0.05, 0.1) is 24.1 Å². The number of hydrogen-bond donors (Lipinski definition) is 3. The number of aromatic nitrogens is 3. The van der Waals surface area contributed by atoms with Gasteiger partial charge in [-0.15, -0.1) is 0 Å². The fraction of sp³-hybridized carbons (Fsp3) is 0.375. The highest BCUT2D eigenvalue weighted by molar-refractivity contribution is 5.88. The topological polar surface area (TPSA) is 99.8 Å². The molecule has 7 nitrogen and oxygen atoms in total. The molecule has 0 saturated heterocycles. The normalized spacial score (nSPS) is 10.8. The Morgan fingerprint density at radius 2 is 2.00 bits per heavy atom. The van der Waals surface area contributed by atoms with E-state index in [1.807, 2.05) is 13.8 Å². The van der Waals surface area contributed by atoms with Crippen molar-refractivity contribution in [1.82, 2.24) is 20.5 Å². The first-order chi connectivity index (χ1) is 12.0. The van der Waals surface area contributed by atoms with E-state index in [0.29, 0.717) is 18.4 Å². The number of amides is 2. The van der Waals surface area contributed by atoms with E-state index >= 15 is 0 Å². The van der Waals surface area contributed by atoms with Crippen LogP contribution in [0.25, 0.3) is 0 Å². The van der Waals surface area contributed by atoms with Gasteiger partial charge in [-0.05, 0) is 30.5 Å². The summed E-state index contributed by atoms with van der Waals surface area (Å²) in [5.41, 5.74) is 1.61. The number of halogens is 2. The Balaban J connectivity index is 2.04. The summed E-state index contributed by atoms with van der Waals surface area (Å²) in [6, 6.07) is 1.90. The molecule has 0 saturated carbocycles. The lowest BCUT2D eigenvalue weighted by atomic mass is 10.0. The van der Waals surface area contributed by atoms with Crippen LogP contribution in [0.2, 0.25) is 0 Å². The standard InChI is InChI=1S/C16H19F2N5O2/c1-3-10-11(15(24)23-22-12(10)4-2)8-20-16(25)21-9-5-6-13(14(17)18)19-7-9/h5-7,14H,3-4,8H2,1-2H3,(H,23,24)(H2,20,21,25). The van der Waals surface area contributed by atoms with Gasteiger partial charge in [-0.25, -0.2) is 18.7 Å². The third-order valence-corrected chi connectivity index (χ3v) is 3.66. The van der Waals surface area contributed by atoms with Crippen molar-refractivity contribution in [2.45, 2.75) is 39.7 Å². The van der Waals surface area contributed by atoms with Gasteiger partial charge in [0.15, 0.2) is 0 Å². The third-order valence-electron chi connectivity index (χ3n) is 3.66. The monoisotopic (exact) mass is 351 g/mol. The Hall–Kier alpha value is -2.84. The Labute approximate surface area is 142 Å². The van der Waals surface area contributed by atoms with Gasteiger partial charge < -0.3 is 10.6 Å². The van der Waals surface area contributed by atoms with Crippen molar-refractivity contribution in [3.63, 3.8) is 0 Å². The molecular formula is C16H19F2N5O2. The lowest BCUT2D eigenvalue weighted by Crippen LogP contribution is -2.32. The van der Waals surface area contributed by atoms with Gasteiger partial charge in [-0.2, -0.15) is 5.10 Å². The van der Waals surface area contributed by atoms with Crippen LogP contribution in [0.1, 0.15) is 42.8 Å². The molecule has 2 aromatic rings. The zero-order chi connectivity index (χ0) is 18.4. The molecule has 134 valence electrons. The van der Waals surface area contributed by atoms with Crippen LogP contribution < -0.4 is 16.2 Å². The van der Waals surface area contributed by atoms with Crippen LogP contribution in [-0.2, 0) is 19.4 Å². The van der Waals surface area contributed by atoms with Crippen LogP contribution in [0.5, 0.6) is 0 Å². The average molecular weight is 351 g/mol. The van der Waals surface area contributed by atoms with E-state index < -0.39 is 12.5 Å². The second kappa shape index (κ2) is 8.32. The highest BCUT2D eigenvalue weighted by Gasteiger charge is 2.13. The number of rotatable bonds is 6. The molecule has 2 amide bonds. The van der Waals surface area contributed by atoms with Crippen molar-refractivity contribution in [2.75, 3.05) is 5.32 Å². The highest BCUT2D eigenvalue weighted by atomic mass is 19.3. The number of urea groups is 1. The molecular weight excluding hydrogens is 332 g/mol. The lowest BCUT2D eigenvalue weighted by Gasteiger charge is -2.12. The van der Waals surface area contributed by atoms with Crippen LogP contribution in [0.3, 0.4) is 0 Å². The molecule has 0 atom stereocenters. The largest absolute Gasteiger partial charge is 0.334 e. The minimum Gasteiger partial charge on any atom is -0.334 e. The molecule has 2 heterocycles. The second-order valence-electron chi connectivity index (χ2n) is 5.24. The van der Waals surface area contributed by atoms with Crippen LogP contribution in [0, 0.1) is 0 Å². The first kappa shape index (κ1) is 18.5. The maximum Gasteiger partial charge on any atom is 0.319 e. The first-order valence-corrected chi connectivity index (χ1v) is 7.84. The number of H-pyrrole nitrogens is 1. The summed E-state index contributed by atoms with van der Waals surface area (Å²) >= 11 is 0. The maximum absolute atomic E-state index is 12.4. The number of pyridine rings is 1. The predicted octanol–water partition coefficient (Wildman–Crippen LogP) is 2.55. The number of carbonyl (C=O) groups excluding carboxylic acids is 1. The van der Waals surface area contributed by atoms with E-state index in [1.54, 1.807) is 0 Å². The summed E-state index contributed by atoms with van der Waals surface area (Å²) in [7, 11) is 0. The van der Waals surface area contributed by atoms with Crippen molar-refractivity contribution in [3.8, 4) is 0 Å². The number of aromatic amines is 1. The molecule has 9 heteroatoms. The smallest absolute Gasteiger partial charge is 0.319 e. The molecule has 2 aromatic heterocycles. The predicted molar refractivity (Wildman–Crippen MR) is 88.7 cm³/mol. The summed E-state index contributed by atoms with van der Waals surface area (Å²) in [5, 5.41) is 11.5. The third kappa shape index (κ3) is 4.59. The van der Waals surface area contributed by atoms with Gasteiger partial charge in [0, 0.05) is 5.56 Å². The number of nitrogens with zero attached hydrogens (tertiary/aromatic N) is 2. The molecule has 2 rings (SSSR count). The van der Waals surface area contributed by atoms with Gasteiger partial charge in [-0.3, -0.25) is 9.78 Å². The maximum atomic E-state index is 12.4. The van der Waals surface area contributed by atoms with Crippen molar-refractivity contribution in [3.05, 3.63) is 51.2 Å². The minimum absolute atomic E-state index is 0.0302. The summed E-state index contributed by atoms with van der Waals surface area (Å²) < 4.78 is 24.9. The van der Waals surface area contributed by atoms with Crippen LogP contribution in [0.4, 0.5) is 19.3 Å². The minimum atomic E-state index is -2.67. The zero-order valence-corrected chi connectivity index (χ0v) is 13.9. The van der Waals surface area contributed by atoms with E-state index in [1.165, 1.54) is 6.07 Å². The fourth-order valence-electron chi connectivity index (χ4n) is 2.41. The van der Waals surface area contributed by atoms with Gasteiger partial charge in [0.25, 0.3) is 12.0 Å². The number of alkyl halides is 2. The number of nitrogens with one attached hydrogen (secondary N) is 3. The number of aryl methyl sites for hydroxylation is 1. The van der Waals surface area contributed by atoms with Crippen molar-refractivity contribution < 1.29 is 13.6 Å². The number of anilines is 1. The van der Waals surface area contributed by atoms with E-state index in [4.69, 9.17) is 0 Å². The molecule has 25 heavy (non-hydrogen) atoms. The number of hydrogen-bond acceptors (Lipinski definition) is 4. The van der Waals surface area contributed by atoms with E-state index in [9.17, 15) is 18.4 Å². The molecule has 0 spiro atoms. The van der Waals surface area contributed by atoms with Crippen LogP contribution >= 0.6 is 0 Å². The zero-order valence-electron chi connectivity index (χ0n) is 13.9. The molecule has 0 unspecified atom stereocenters. The van der Waals surface area contributed by atoms with Crippen molar-refractivity contribution in [1.29, 1.82) is 0 Å². The molecule has 0 aliphatic rings.